The summed E-state index contributed by atoms with van der Waals surface area (Å²) in [6, 6.07) is 12.7. The zero-order valence-corrected chi connectivity index (χ0v) is 18.3. The highest BCUT2D eigenvalue weighted by atomic mass is 79.9. The quantitative estimate of drug-likeness (QED) is 0.426. The van der Waals surface area contributed by atoms with E-state index in [1.165, 1.54) is 12.7 Å². The highest BCUT2D eigenvalue weighted by Crippen LogP contribution is 2.39. The Kier molecular flexibility index (Phi) is 7.47. The maximum Gasteiger partial charge on any atom is 0.305 e. The highest BCUT2D eigenvalue weighted by Gasteiger charge is 2.38. The van der Waals surface area contributed by atoms with Crippen LogP contribution in [0.1, 0.15) is 41.3 Å². The molecule has 0 saturated heterocycles. The molecule has 0 aromatic heterocycles. The third-order valence-corrected chi connectivity index (χ3v) is 5.90. The number of benzene rings is 2. The summed E-state index contributed by atoms with van der Waals surface area (Å²) in [4.78, 5) is 25.1. The van der Waals surface area contributed by atoms with Gasteiger partial charge in [0.15, 0.2) is 0 Å². The Morgan fingerprint density at radius 2 is 1.93 bits per heavy atom. The number of halogens is 1. The number of methoxy groups -OCH3 is 1. The number of hydrogen-bond donors (Lipinski definition) is 2. The van der Waals surface area contributed by atoms with Crippen LogP contribution in [0.15, 0.2) is 42.5 Å². The van der Waals surface area contributed by atoms with Crippen LogP contribution < -0.4 is 10.5 Å². The first kappa shape index (κ1) is 22.3. The van der Waals surface area contributed by atoms with Crippen LogP contribution in [0.3, 0.4) is 0 Å². The molecular formula is C22H25BrN2O5. The number of rotatable bonds is 9. The minimum atomic E-state index is -1.00. The van der Waals surface area contributed by atoms with Crippen molar-refractivity contribution in [3.05, 3.63) is 64.7 Å². The van der Waals surface area contributed by atoms with Gasteiger partial charge in [-0.1, -0.05) is 52.3 Å². The zero-order chi connectivity index (χ0) is 21.7. The molecule has 30 heavy (non-hydrogen) atoms. The van der Waals surface area contributed by atoms with E-state index < -0.39 is 24.1 Å². The second kappa shape index (κ2) is 10.1. The molecule has 3 rings (SSSR count). The lowest BCUT2D eigenvalue weighted by Crippen LogP contribution is -2.44. The molecule has 0 fully saturated rings. The summed E-state index contributed by atoms with van der Waals surface area (Å²) in [5.74, 6) is -0.377. The fraction of sp³-hybridized carbons (Fsp3) is 0.364. The summed E-state index contributed by atoms with van der Waals surface area (Å²) in [7, 11) is 1.29. The highest BCUT2D eigenvalue weighted by molar-refractivity contribution is 9.08. The van der Waals surface area contributed by atoms with Gasteiger partial charge >= 0.3 is 5.97 Å². The number of fused-ring (bicyclic) bond motifs is 1. The molecular weight excluding hydrogens is 452 g/mol. The predicted molar refractivity (Wildman–Crippen MR) is 115 cm³/mol. The molecule has 0 bridgehead atoms. The summed E-state index contributed by atoms with van der Waals surface area (Å²) >= 11 is 3.43. The van der Waals surface area contributed by atoms with Crippen LogP contribution in [0.2, 0.25) is 0 Å². The lowest BCUT2D eigenvalue weighted by atomic mass is 10.1. The summed E-state index contributed by atoms with van der Waals surface area (Å²) in [5.41, 5.74) is 9.25. The van der Waals surface area contributed by atoms with Gasteiger partial charge in [0.2, 0.25) is 5.91 Å². The van der Waals surface area contributed by atoms with Gasteiger partial charge < -0.3 is 20.3 Å². The van der Waals surface area contributed by atoms with E-state index in [0.717, 1.165) is 16.5 Å². The maximum atomic E-state index is 12.0. The van der Waals surface area contributed by atoms with Crippen LogP contribution in [0.25, 0.3) is 0 Å². The number of aliphatic hydroxyl groups is 1. The molecule has 2 aromatic carbocycles. The van der Waals surface area contributed by atoms with E-state index in [1.807, 2.05) is 36.4 Å². The van der Waals surface area contributed by atoms with Crippen LogP contribution >= 0.6 is 15.9 Å². The van der Waals surface area contributed by atoms with E-state index in [4.69, 9.17) is 10.5 Å². The Morgan fingerprint density at radius 1 is 1.23 bits per heavy atom. The van der Waals surface area contributed by atoms with Crippen molar-refractivity contribution < 1.29 is 24.2 Å². The zero-order valence-electron chi connectivity index (χ0n) is 16.7. The van der Waals surface area contributed by atoms with Gasteiger partial charge in [0.25, 0.3) is 0 Å². The molecule has 1 aliphatic heterocycles. The lowest BCUT2D eigenvalue weighted by molar-refractivity contribution is -0.141. The van der Waals surface area contributed by atoms with Gasteiger partial charge in [-0.15, -0.1) is 0 Å². The number of nitrogens with zero attached hydrogens (tertiary/aromatic N) is 1. The Hall–Kier alpha value is -2.42. The van der Waals surface area contributed by atoms with Crippen molar-refractivity contribution in [2.45, 2.75) is 43.6 Å². The van der Waals surface area contributed by atoms with Crippen molar-refractivity contribution in [3.63, 3.8) is 0 Å². The van der Waals surface area contributed by atoms with Gasteiger partial charge in [0.1, 0.15) is 18.6 Å². The molecule has 2 atom stereocenters. The SMILES string of the molecule is COC(=O)CCC(C(N)=O)N1Cc2c(OCc3ccc(CBr)cc3)cccc2C1O. The van der Waals surface area contributed by atoms with E-state index in [2.05, 4.69) is 20.7 Å². The summed E-state index contributed by atoms with van der Waals surface area (Å²) in [6.07, 6.45) is -0.794. The second-order valence-electron chi connectivity index (χ2n) is 7.14. The third kappa shape index (κ3) is 5.00. The van der Waals surface area contributed by atoms with Gasteiger partial charge in [0.05, 0.1) is 13.2 Å². The Labute approximate surface area is 183 Å². The number of amides is 1. The summed E-state index contributed by atoms with van der Waals surface area (Å²) in [5, 5.41) is 11.6. The van der Waals surface area contributed by atoms with Gasteiger partial charge in [-0.05, 0) is 23.6 Å². The van der Waals surface area contributed by atoms with Gasteiger partial charge in [0, 0.05) is 29.4 Å². The molecule has 1 heterocycles. The van der Waals surface area contributed by atoms with Gasteiger partial charge in [-0.3, -0.25) is 14.5 Å². The van der Waals surface area contributed by atoms with Crippen LogP contribution in [0, 0.1) is 0 Å². The number of carbonyl (C=O) groups is 2. The summed E-state index contributed by atoms with van der Waals surface area (Å²) in [6.45, 7) is 0.681. The molecule has 3 N–H and O–H groups in total. The molecule has 1 amide bonds. The van der Waals surface area contributed by atoms with E-state index in [1.54, 1.807) is 11.0 Å². The van der Waals surface area contributed by atoms with Gasteiger partial charge in [-0.2, -0.15) is 0 Å². The van der Waals surface area contributed by atoms with E-state index in [0.29, 0.717) is 24.5 Å². The van der Waals surface area contributed by atoms with Crippen molar-refractivity contribution in [3.8, 4) is 5.75 Å². The topological polar surface area (TPSA) is 102 Å². The van der Waals surface area contributed by atoms with Crippen molar-refractivity contribution in [2.24, 2.45) is 5.73 Å². The second-order valence-corrected chi connectivity index (χ2v) is 7.70. The number of aliphatic hydroxyl groups excluding tert-OH is 1. The monoisotopic (exact) mass is 476 g/mol. The average Bonchev–Trinajstić information content (AvgIpc) is 3.09. The Bertz CT molecular complexity index is 903. The molecule has 2 unspecified atom stereocenters. The molecule has 0 aliphatic carbocycles. The fourth-order valence-corrected chi connectivity index (χ4v) is 3.94. The van der Waals surface area contributed by atoms with Crippen LogP contribution in [-0.2, 0) is 32.8 Å². The predicted octanol–water partition coefficient (Wildman–Crippen LogP) is 2.77. The van der Waals surface area contributed by atoms with Crippen molar-refractivity contribution in [1.29, 1.82) is 0 Å². The third-order valence-electron chi connectivity index (χ3n) is 5.25. The van der Waals surface area contributed by atoms with Crippen molar-refractivity contribution >= 4 is 27.8 Å². The smallest absolute Gasteiger partial charge is 0.305 e. The number of nitrogens with two attached hydrogens (primary N) is 1. The number of hydrogen-bond acceptors (Lipinski definition) is 6. The maximum absolute atomic E-state index is 12.0. The number of carbonyl (C=O) groups excluding carboxylic acids is 2. The first-order valence-corrected chi connectivity index (χ1v) is 10.7. The number of ether oxygens (including phenoxy) is 2. The lowest BCUT2D eigenvalue weighted by Gasteiger charge is -2.28. The Balaban J connectivity index is 1.74. The molecule has 160 valence electrons. The van der Waals surface area contributed by atoms with Crippen LogP contribution in [-0.4, -0.2) is 35.0 Å². The first-order valence-electron chi connectivity index (χ1n) is 9.63. The number of esters is 1. The largest absolute Gasteiger partial charge is 0.489 e. The van der Waals surface area contributed by atoms with E-state index in [9.17, 15) is 14.7 Å². The molecule has 0 spiro atoms. The number of alkyl halides is 1. The minimum Gasteiger partial charge on any atom is -0.489 e. The van der Waals surface area contributed by atoms with Crippen molar-refractivity contribution in [2.75, 3.05) is 7.11 Å². The molecule has 1 aliphatic rings. The van der Waals surface area contributed by atoms with E-state index >= 15 is 0 Å². The minimum absolute atomic E-state index is 0.0391. The molecule has 7 nitrogen and oxygen atoms in total. The first-order chi connectivity index (χ1) is 14.4. The molecule has 0 saturated carbocycles. The summed E-state index contributed by atoms with van der Waals surface area (Å²) < 4.78 is 10.7. The fourth-order valence-electron chi connectivity index (χ4n) is 3.57. The standard InChI is InChI=1S/C22H25BrN2O5/c1-29-20(26)10-9-18(21(24)27)25-12-17-16(22(25)28)3-2-4-19(17)30-13-15-7-5-14(11-23)6-8-15/h2-8,18,22,28H,9-13H2,1H3,(H2,24,27). The normalized spacial score (nSPS) is 16.7. The van der Waals surface area contributed by atoms with E-state index in [-0.39, 0.29) is 12.8 Å². The number of primary amides is 1. The Morgan fingerprint density at radius 3 is 2.57 bits per heavy atom. The average molecular weight is 477 g/mol. The van der Waals surface area contributed by atoms with Crippen LogP contribution in [0.5, 0.6) is 5.75 Å². The molecule has 8 heteroatoms. The molecule has 2 aromatic rings. The molecule has 0 radical (unpaired) electrons. The van der Waals surface area contributed by atoms with Gasteiger partial charge in [-0.25, -0.2) is 0 Å². The van der Waals surface area contributed by atoms with Crippen molar-refractivity contribution in [1.82, 2.24) is 4.90 Å². The van der Waals surface area contributed by atoms with Crippen LogP contribution in [0.4, 0.5) is 0 Å².